The van der Waals surface area contributed by atoms with Crippen molar-refractivity contribution in [3.8, 4) is 17.4 Å². The van der Waals surface area contributed by atoms with Crippen molar-refractivity contribution in [2.45, 2.75) is 19.9 Å². The summed E-state index contributed by atoms with van der Waals surface area (Å²) in [5.41, 5.74) is 0.150. The monoisotopic (exact) mass is 409 g/mol. The normalized spacial score (nSPS) is 11.4. The van der Waals surface area contributed by atoms with Crippen LogP contribution in [0, 0.1) is 0 Å². The molecule has 0 bridgehead atoms. The molecule has 0 saturated heterocycles. The smallest absolute Gasteiger partial charge is 0.331 e. The summed E-state index contributed by atoms with van der Waals surface area (Å²) in [5.74, 6) is 0.621. The van der Waals surface area contributed by atoms with Gasteiger partial charge in [-0.2, -0.15) is 0 Å². The molecule has 0 aliphatic heterocycles. The maximum absolute atomic E-state index is 12.6. The van der Waals surface area contributed by atoms with Crippen LogP contribution in [0.4, 0.5) is 5.69 Å². The minimum Gasteiger partial charge on any atom is -0.497 e. The first-order valence-electron chi connectivity index (χ1n) is 9.38. The molecule has 30 heavy (non-hydrogen) atoms. The van der Waals surface area contributed by atoms with Crippen molar-refractivity contribution in [3.05, 3.63) is 80.5 Å². The van der Waals surface area contributed by atoms with Gasteiger partial charge in [-0.15, -0.1) is 0 Å². The molecule has 0 unspecified atom stereocenters. The first-order chi connectivity index (χ1) is 14.5. The maximum atomic E-state index is 12.6. The second-order valence-electron chi connectivity index (χ2n) is 6.48. The number of hydrogen-bond acceptors (Lipinski definition) is 6. The van der Waals surface area contributed by atoms with Crippen LogP contribution in [0.25, 0.3) is 0 Å². The van der Waals surface area contributed by atoms with Crippen molar-refractivity contribution in [3.63, 3.8) is 0 Å². The van der Waals surface area contributed by atoms with Crippen molar-refractivity contribution in [2.24, 2.45) is 4.99 Å². The van der Waals surface area contributed by atoms with Gasteiger partial charge in [0.25, 0.3) is 5.56 Å². The SMILES string of the molecule is CCC(=Nc1ccc(OC)cc1OC)c1c(O)n(Cc2ccccc2)c(=O)[nH]c1=O. The Morgan fingerprint density at radius 2 is 1.83 bits per heavy atom. The predicted octanol–water partition coefficient (Wildman–Crippen LogP) is 2.84. The van der Waals surface area contributed by atoms with Crippen LogP contribution in [-0.4, -0.2) is 34.6 Å². The van der Waals surface area contributed by atoms with Crippen molar-refractivity contribution in [1.82, 2.24) is 9.55 Å². The Kier molecular flexibility index (Phi) is 6.36. The Bertz CT molecular complexity index is 1180. The van der Waals surface area contributed by atoms with E-state index in [0.717, 1.165) is 10.1 Å². The molecule has 2 aromatic carbocycles. The molecule has 0 aliphatic carbocycles. The van der Waals surface area contributed by atoms with Gasteiger partial charge in [0.2, 0.25) is 5.88 Å². The van der Waals surface area contributed by atoms with Crippen molar-refractivity contribution in [1.29, 1.82) is 0 Å². The summed E-state index contributed by atoms with van der Waals surface area (Å²) >= 11 is 0. The summed E-state index contributed by atoms with van der Waals surface area (Å²) in [6.07, 6.45) is 0.343. The van der Waals surface area contributed by atoms with E-state index in [1.165, 1.54) is 7.11 Å². The van der Waals surface area contributed by atoms with E-state index in [-0.39, 0.29) is 12.1 Å². The zero-order chi connectivity index (χ0) is 21.7. The van der Waals surface area contributed by atoms with Gasteiger partial charge in [-0.25, -0.2) is 9.79 Å². The molecule has 8 heteroatoms. The fourth-order valence-electron chi connectivity index (χ4n) is 3.07. The fraction of sp³-hybridized carbons (Fsp3) is 0.227. The molecule has 3 rings (SSSR count). The van der Waals surface area contributed by atoms with Crippen LogP contribution in [0.3, 0.4) is 0 Å². The highest BCUT2D eigenvalue weighted by molar-refractivity contribution is 6.03. The first-order valence-corrected chi connectivity index (χ1v) is 9.38. The molecule has 8 nitrogen and oxygen atoms in total. The van der Waals surface area contributed by atoms with E-state index in [9.17, 15) is 14.7 Å². The van der Waals surface area contributed by atoms with Gasteiger partial charge in [0.15, 0.2) is 0 Å². The third-order valence-corrected chi connectivity index (χ3v) is 4.62. The van der Waals surface area contributed by atoms with Crippen molar-refractivity contribution in [2.75, 3.05) is 14.2 Å². The zero-order valence-corrected chi connectivity index (χ0v) is 17.0. The Balaban J connectivity index is 2.13. The molecule has 3 aromatic rings. The minimum atomic E-state index is -0.699. The molecule has 0 atom stereocenters. The number of aromatic nitrogens is 2. The van der Waals surface area contributed by atoms with Gasteiger partial charge in [-0.3, -0.25) is 14.3 Å². The van der Waals surface area contributed by atoms with Crippen LogP contribution >= 0.6 is 0 Å². The molecule has 156 valence electrons. The number of methoxy groups -OCH3 is 2. The van der Waals surface area contributed by atoms with Gasteiger partial charge < -0.3 is 14.6 Å². The number of ether oxygens (including phenoxy) is 2. The van der Waals surface area contributed by atoms with Crippen LogP contribution in [0.15, 0.2) is 63.1 Å². The Morgan fingerprint density at radius 3 is 2.47 bits per heavy atom. The van der Waals surface area contributed by atoms with Crippen LogP contribution in [0.5, 0.6) is 17.4 Å². The largest absolute Gasteiger partial charge is 0.497 e. The molecule has 0 radical (unpaired) electrons. The van der Waals surface area contributed by atoms with E-state index in [1.54, 1.807) is 32.2 Å². The molecule has 0 fully saturated rings. The lowest BCUT2D eigenvalue weighted by Crippen LogP contribution is -2.34. The molecule has 0 spiro atoms. The lowest BCUT2D eigenvalue weighted by atomic mass is 10.1. The summed E-state index contributed by atoms with van der Waals surface area (Å²) in [4.78, 5) is 31.7. The number of nitrogens with zero attached hydrogens (tertiary/aromatic N) is 2. The lowest BCUT2D eigenvalue weighted by molar-refractivity contribution is 0.395. The second kappa shape index (κ2) is 9.13. The van der Waals surface area contributed by atoms with Crippen molar-refractivity contribution < 1.29 is 14.6 Å². The third-order valence-electron chi connectivity index (χ3n) is 4.62. The van der Waals surface area contributed by atoms with E-state index >= 15 is 0 Å². The van der Waals surface area contributed by atoms with E-state index in [4.69, 9.17) is 9.47 Å². The fourth-order valence-corrected chi connectivity index (χ4v) is 3.07. The summed E-state index contributed by atoms with van der Waals surface area (Å²) in [6.45, 7) is 1.92. The molecular weight excluding hydrogens is 386 g/mol. The number of aromatic hydroxyl groups is 1. The highest BCUT2D eigenvalue weighted by Gasteiger charge is 2.19. The van der Waals surface area contributed by atoms with Crippen LogP contribution < -0.4 is 20.7 Å². The van der Waals surface area contributed by atoms with Crippen molar-refractivity contribution >= 4 is 11.4 Å². The average molecular weight is 409 g/mol. The number of aromatic amines is 1. The zero-order valence-electron chi connectivity index (χ0n) is 17.0. The maximum Gasteiger partial charge on any atom is 0.331 e. The summed E-state index contributed by atoms with van der Waals surface area (Å²) in [5, 5.41) is 10.8. The number of aliphatic imine (C=N–C) groups is 1. The Hall–Kier alpha value is -3.81. The Morgan fingerprint density at radius 1 is 1.10 bits per heavy atom. The number of H-pyrrole nitrogens is 1. The predicted molar refractivity (Wildman–Crippen MR) is 115 cm³/mol. The summed E-state index contributed by atoms with van der Waals surface area (Å²) in [6, 6.07) is 14.3. The quantitative estimate of drug-likeness (QED) is 0.584. The van der Waals surface area contributed by atoms with Gasteiger partial charge in [-0.05, 0) is 24.1 Å². The molecular formula is C22H23N3O5. The lowest BCUT2D eigenvalue weighted by Gasteiger charge is -2.13. The number of rotatable bonds is 7. The summed E-state index contributed by atoms with van der Waals surface area (Å²) < 4.78 is 11.7. The topological polar surface area (TPSA) is 106 Å². The number of benzene rings is 2. The highest BCUT2D eigenvalue weighted by Crippen LogP contribution is 2.32. The highest BCUT2D eigenvalue weighted by atomic mass is 16.5. The van der Waals surface area contributed by atoms with E-state index in [2.05, 4.69) is 9.98 Å². The molecule has 1 heterocycles. The van der Waals surface area contributed by atoms with Crippen LogP contribution in [0.2, 0.25) is 0 Å². The summed E-state index contributed by atoms with van der Waals surface area (Å²) in [7, 11) is 3.05. The standard InChI is InChI=1S/C22H23N3O5/c1-4-16(23-17-11-10-15(29-2)12-18(17)30-3)19-20(26)24-22(28)25(21(19)27)13-14-8-6-5-7-9-14/h5-12,27H,4,13H2,1-3H3,(H,24,26,28). The number of hydrogen-bond donors (Lipinski definition) is 2. The third kappa shape index (κ3) is 4.27. The van der Waals surface area contributed by atoms with E-state index < -0.39 is 17.1 Å². The first kappa shape index (κ1) is 20.9. The second-order valence-corrected chi connectivity index (χ2v) is 6.48. The van der Waals surface area contributed by atoms with Crippen LogP contribution in [-0.2, 0) is 6.54 Å². The van der Waals surface area contributed by atoms with Gasteiger partial charge in [0, 0.05) is 6.07 Å². The molecule has 1 aromatic heterocycles. The average Bonchev–Trinajstić information content (AvgIpc) is 2.76. The molecule has 0 amide bonds. The van der Waals surface area contributed by atoms with Gasteiger partial charge >= 0.3 is 5.69 Å². The minimum absolute atomic E-state index is 0.0501. The molecule has 0 saturated carbocycles. The van der Waals surface area contributed by atoms with Gasteiger partial charge in [0.1, 0.15) is 22.7 Å². The van der Waals surface area contributed by atoms with Gasteiger partial charge in [0.05, 0.1) is 26.5 Å². The van der Waals surface area contributed by atoms with E-state index in [0.29, 0.717) is 29.3 Å². The Labute approximate surface area is 173 Å². The van der Waals surface area contributed by atoms with Crippen LogP contribution in [0.1, 0.15) is 24.5 Å². The number of nitrogens with one attached hydrogen (secondary N) is 1. The molecule has 2 N–H and O–H groups in total. The van der Waals surface area contributed by atoms with E-state index in [1.807, 2.05) is 30.3 Å². The van der Waals surface area contributed by atoms with Gasteiger partial charge in [-0.1, -0.05) is 37.3 Å². The molecule has 0 aliphatic rings.